The van der Waals surface area contributed by atoms with Crippen molar-refractivity contribution in [2.24, 2.45) is 7.05 Å². The van der Waals surface area contributed by atoms with E-state index in [1.54, 1.807) is 42.2 Å². The Morgan fingerprint density at radius 2 is 1.93 bits per heavy atom. The number of amides is 3. The molecule has 1 saturated heterocycles. The highest BCUT2D eigenvalue weighted by atomic mass is 32.1. The lowest BCUT2D eigenvalue weighted by Crippen LogP contribution is -2.42. The van der Waals surface area contributed by atoms with Gasteiger partial charge in [-0.25, -0.2) is 4.79 Å². The summed E-state index contributed by atoms with van der Waals surface area (Å²) in [6, 6.07) is 9.10. The molecule has 1 fully saturated rings. The van der Waals surface area contributed by atoms with Crippen molar-refractivity contribution in [3.8, 4) is 11.5 Å². The number of hydrogen-bond donors (Lipinski definition) is 1. The molecule has 1 aliphatic rings. The molecule has 3 amide bonds. The number of aromatic nitrogens is 2. The molecule has 1 aliphatic heterocycles. The van der Waals surface area contributed by atoms with Gasteiger partial charge in [0.15, 0.2) is 0 Å². The Morgan fingerprint density at radius 3 is 2.63 bits per heavy atom. The Labute approximate surface area is 242 Å². The summed E-state index contributed by atoms with van der Waals surface area (Å²) in [5, 5.41) is 3.56. The third-order valence-electron chi connectivity index (χ3n) is 7.41. The van der Waals surface area contributed by atoms with Gasteiger partial charge in [-0.3, -0.25) is 14.6 Å². The maximum Gasteiger partial charge on any atom is 0.410 e. The number of carbonyl (C=O) groups is 3. The zero-order chi connectivity index (χ0) is 29.6. The van der Waals surface area contributed by atoms with Crippen LogP contribution in [0.5, 0.6) is 11.5 Å². The van der Waals surface area contributed by atoms with Gasteiger partial charge in [0.05, 0.1) is 32.2 Å². The van der Waals surface area contributed by atoms with Gasteiger partial charge in [-0.1, -0.05) is 0 Å². The minimum absolute atomic E-state index is 0.0959. The standard InChI is InChI=1S/C30H35N5O5S/c1-17-25(27(36)31-5)20-9-8-19(14-22(20)33(17)6)39-23-10-12-32-21-15-24(41-26(21)23)28(37)35-13-11-18(16-35)34(7)29(38)40-30(2,3)4/h8-10,12,14-15,18H,11,13,16H2,1-7H3,(H,31,36). The molecular formula is C30H35N5O5S. The first-order chi connectivity index (χ1) is 19.4. The molecule has 1 N–H and O–H groups in total. The van der Waals surface area contributed by atoms with Crippen molar-refractivity contribution in [2.45, 2.75) is 45.8 Å². The fourth-order valence-electron chi connectivity index (χ4n) is 5.13. The summed E-state index contributed by atoms with van der Waals surface area (Å²) in [4.78, 5) is 46.8. The molecule has 11 heteroatoms. The summed E-state index contributed by atoms with van der Waals surface area (Å²) in [6.07, 6.45) is 1.95. The molecule has 0 aliphatic carbocycles. The summed E-state index contributed by atoms with van der Waals surface area (Å²) in [5.74, 6) is 0.985. The monoisotopic (exact) mass is 577 g/mol. The molecule has 0 radical (unpaired) electrons. The number of pyridine rings is 1. The quantitative estimate of drug-likeness (QED) is 0.344. The number of likely N-dealkylation sites (tertiary alicyclic amines) is 1. The van der Waals surface area contributed by atoms with E-state index in [0.717, 1.165) is 21.3 Å². The average Bonchev–Trinajstić information content (AvgIpc) is 3.64. The molecule has 5 rings (SSSR count). The van der Waals surface area contributed by atoms with Crippen LogP contribution >= 0.6 is 11.3 Å². The van der Waals surface area contributed by atoms with Crippen LogP contribution in [0.1, 0.15) is 52.9 Å². The third-order valence-corrected chi connectivity index (χ3v) is 8.54. The van der Waals surface area contributed by atoms with Crippen molar-refractivity contribution < 1.29 is 23.9 Å². The topological polar surface area (TPSA) is 106 Å². The number of aryl methyl sites for hydroxylation is 1. The number of hydrogen-bond acceptors (Lipinski definition) is 7. The number of ether oxygens (including phenoxy) is 2. The van der Waals surface area contributed by atoms with E-state index in [4.69, 9.17) is 9.47 Å². The molecule has 0 saturated carbocycles. The number of benzene rings is 1. The third kappa shape index (κ3) is 5.46. The van der Waals surface area contributed by atoms with Gasteiger partial charge in [-0.05, 0) is 52.3 Å². The van der Waals surface area contributed by atoms with Crippen molar-refractivity contribution >= 4 is 50.4 Å². The van der Waals surface area contributed by atoms with E-state index in [2.05, 4.69) is 10.3 Å². The number of nitrogens with one attached hydrogen (secondary N) is 1. The molecule has 1 atom stereocenters. The first-order valence-corrected chi connectivity index (χ1v) is 14.3. The van der Waals surface area contributed by atoms with E-state index >= 15 is 0 Å². The van der Waals surface area contributed by atoms with Crippen LogP contribution in [0.15, 0.2) is 36.5 Å². The fourth-order valence-corrected chi connectivity index (χ4v) is 6.16. The molecule has 1 unspecified atom stereocenters. The minimum Gasteiger partial charge on any atom is -0.456 e. The SMILES string of the molecule is CNC(=O)c1c(C)n(C)c2cc(Oc3ccnc4cc(C(=O)N5CCC(N(C)C(=O)OC(C)(C)C)C5)sc34)ccc12. The Hall–Kier alpha value is -4.12. The highest BCUT2D eigenvalue weighted by molar-refractivity contribution is 7.21. The number of rotatable bonds is 5. The molecule has 216 valence electrons. The van der Waals surface area contributed by atoms with Gasteiger partial charge in [0.25, 0.3) is 11.8 Å². The van der Waals surface area contributed by atoms with Crippen molar-refractivity contribution in [3.05, 3.63) is 52.7 Å². The number of likely N-dealkylation sites (N-methyl/N-ethyl adjacent to an activating group) is 1. The van der Waals surface area contributed by atoms with Crippen LogP contribution in [-0.2, 0) is 11.8 Å². The van der Waals surface area contributed by atoms with Crippen molar-refractivity contribution in [2.75, 3.05) is 27.2 Å². The smallest absolute Gasteiger partial charge is 0.410 e. The first-order valence-electron chi connectivity index (χ1n) is 13.5. The van der Waals surface area contributed by atoms with Crippen molar-refractivity contribution in [1.29, 1.82) is 0 Å². The Kier molecular flexibility index (Phi) is 7.41. The zero-order valence-corrected chi connectivity index (χ0v) is 25.2. The molecule has 4 heterocycles. The van der Waals surface area contributed by atoms with Crippen LogP contribution < -0.4 is 10.1 Å². The zero-order valence-electron chi connectivity index (χ0n) is 24.4. The summed E-state index contributed by atoms with van der Waals surface area (Å²) in [7, 11) is 5.26. The van der Waals surface area contributed by atoms with Gasteiger partial charge in [0.2, 0.25) is 0 Å². The predicted octanol–water partition coefficient (Wildman–Crippen LogP) is 5.33. The Morgan fingerprint density at radius 1 is 1.17 bits per heavy atom. The van der Waals surface area contributed by atoms with Crippen molar-refractivity contribution in [3.63, 3.8) is 0 Å². The summed E-state index contributed by atoms with van der Waals surface area (Å²) in [6.45, 7) is 8.41. The van der Waals surface area contributed by atoms with Gasteiger partial charge in [-0.2, -0.15) is 0 Å². The molecule has 0 bridgehead atoms. The van der Waals surface area contributed by atoms with Crippen LogP contribution in [0.25, 0.3) is 21.1 Å². The molecule has 41 heavy (non-hydrogen) atoms. The first kappa shape index (κ1) is 28.4. The molecule has 4 aromatic rings. The average molecular weight is 578 g/mol. The van der Waals surface area contributed by atoms with Gasteiger partial charge in [-0.15, -0.1) is 11.3 Å². The van der Waals surface area contributed by atoms with Gasteiger partial charge < -0.3 is 29.2 Å². The number of carbonyl (C=O) groups excluding carboxylic acids is 3. The van der Waals surface area contributed by atoms with Crippen LogP contribution in [0.4, 0.5) is 4.79 Å². The van der Waals surface area contributed by atoms with Gasteiger partial charge in [0.1, 0.15) is 17.1 Å². The Balaban J connectivity index is 1.35. The van der Waals surface area contributed by atoms with Gasteiger partial charge >= 0.3 is 6.09 Å². The lowest BCUT2D eigenvalue weighted by molar-refractivity contribution is 0.0226. The largest absolute Gasteiger partial charge is 0.456 e. The van der Waals surface area contributed by atoms with E-state index in [1.807, 2.05) is 57.5 Å². The second-order valence-electron chi connectivity index (χ2n) is 11.3. The highest BCUT2D eigenvalue weighted by Crippen LogP contribution is 2.37. The van der Waals surface area contributed by atoms with Gasteiger partial charge in [0, 0.05) is 63.6 Å². The molecule has 0 spiro atoms. The number of nitrogens with zero attached hydrogens (tertiary/aromatic N) is 4. The lowest BCUT2D eigenvalue weighted by atomic mass is 10.1. The maximum atomic E-state index is 13.4. The minimum atomic E-state index is -0.580. The van der Waals surface area contributed by atoms with Crippen molar-refractivity contribution in [1.82, 2.24) is 24.7 Å². The summed E-state index contributed by atoms with van der Waals surface area (Å²) < 4.78 is 14.5. The highest BCUT2D eigenvalue weighted by Gasteiger charge is 2.34. The number of fused-ring (bicyclic) bond motifs is 2. The number of thiophene rings is 1. The molecule has 3 aromatic heterocycles. The summed E-state index contributed by atoms with van der Waals surface area (Å²) >= 11 is 1.34. The van der Waals surface area contributed by atoms with E-state index in [9.17, 15) is 14.4 Å². The maximum absolute atomic E-state index is 13.4. The fraction of sp³-hybridized carbons (Fsp3) is 0.400. The van der Waals surface area contributed by atoms with E-state index in [1.165, 1.54) is 11.3 Å². The second-order valence-corrected chi connectivity index (χ2v) is 12.4. The van der Waals surface area contributed by atoms with Crippen LogP contribution in [-0.4, -0.2) is 76.1 Å². The van der Waals surface area contributed by atoms with Crippen LogP contribution in [0, 0.1) is 6.92 Å². The van der Waals surface area contributed by atoms with E-state index in [0.29, 0.717) is 47.0 Å². The molecule has 10 nitrogen and oxygen atoms in total. The van der Waals surface area contributed by atoms with Crippen LogP contribution in [0.3, 0.4) is 0 Å². The van der Waals surface area contributed by atoms with Crippen LogP contribution in [0.2, 0.25) is 0 Å². The normalized spacial score (nSPS) is 15.4. The van der Waals surface area contributed by atoms with E-state index in [-0.39, 0.29) is 17.9 Å². The van der Waals surface area contributed by atoms with E-state index < -0.39 is 11.7 Å². The molecule has 1 aromatic carbocycles. The summed E-state index contributed by atoms with van der Waals surface area (Å²) in [5.41, 5.74) is 2.49. The predicted molar refractivity (Wildman–Crippen MR) is 159 cm³/mol. The Bertz CT molecular complexity index is 1670. The lowest BCUT2D eigenvalue weighted by Gasteiger charge is -2.28. The second kappa shape index (κ2) is 10.7. The molecular weight excluding hydrogens is 542 g/mol.